The van der Waals surface area contributed by atoms with Crippen LogP contribution >= 0.6 is 11.8 Å². The van der Waals surface area contributed by atoms with Crippen LogP contribution in [0.1, 0.15) is 6.92 Å². The fraction of sp³-hybridized carbons (Fsp3) is 0.667. The van der Waals surface area contributed by atoms with Gasteiger partial charge in [0.15, 0.2) is 0 Å². The van der Waals surface area contributed by atoms with Crippen molar-refractivity contribution in [3.63, 3.8) is 0 Å². The van der Waals surface area contributed by atoms with E-state index >= 15 is 0 Å². The van der Waals surface area contributed by atoms with E-state index in [-0.39, 0.29) is 17.7 Å². The monoisotopic (exact) mass is 160 g/mol. The van der Waals surface area contributed by atoms with Gasteiger partial charge in [0.2, 0.25) is 12.2 Å². The van der Waals surface area contributed by atoms with E-state index in [1.54, 1.807) is 13.2 Å². The standard InChI is InChI=1S/C6H10NO2S/c1-5(10-2)6(9)7-3-4-8/h5H,3H2,1-2H3,(H,7,9). The lowest BCUT2D eigenvalue weighted by Crippen LogP contribution is -2.31. The molecule has 0 heterocycles. The van der Waals surface area contributed by atoms with E-state index < -0.39 is 0 Å². The van der Waals surface area contributed by atoms with Crippen LogP contribution in [0.4, 0.5) is 0 Å². The van der Waals surface area contributed by atoms with Crippen LogP contribution in [0.25, 0.3) is 0 Å². The van der Waals surface area contributed by atoms with Gasteiger partial charge in [0.05, 0.1) is 11.8 Å². The van der Waals surface area contributed by atoms with E-state index in [0.29, 0.717) is 0 Å². The fourth-order valence-corrected chi connectivity index (χ4v) is 0.671. The molecule has 0 spiro atoms. The summed E-state index contributed by atoms with van der Waals surface area (Å²) in [4.78, 5) is 20.5. The van der Waals surface area contributed by atoms with Gasteiger partial charge in [-0.3, -0.25) is 9.59 Å². The van der Waals surface area contributed by atoms with Crippen LogP contribution in [0, 0.1) is 0 Å². The van der Waals surface area contributed by atoms with Crippen molar-refractivity contribution in [1.29, 1.82) is 0 Å². The van der Waals surface area contributed by atoms with Crippen LogP contribution in [0.15, 0.2) is 0 Å². The fourth-order valence-electron chi connectivity index (χ4n) is 0.374. The Morgan fingerprint density at radius 2 is 2.40 bits per heavy atom. The molecule has 1 unspecified atom stereocenters. The number of hydrogen-bond donors (Lipinski definition) is 1. The van der Waals surface area contributed by atoms with E-state index in [0.717, 1.165) is 0 Å². The molecule has 3 nitrogen and oxygen atoms in total. The number of hydrogen-bond acceptors (Lipinski definition) is 3. The molecule has 0 fully saturated rings. The molecule has 0 aliphatic heterocycles. The lowest BCUT2D eigenvalue weighted by Gasteiger charge is -2.05. The van der Waals surface area contributed by atoms with Crippen molar-refractivity contribution in [2.75, 3.05) is 12.8 Å². The van der Waals surface area contributed by atoms with Crippen molar-refractivity contribution in [1.82, 2.24) is 5.32 Å². The second kappa shape index (κ2) is 5.29. The first-order valence-corrected chi connectivity index (χ1v) is 4.16. The van der Waals surface area contributed by atoms with Crippen molar-refractivity contribution >= 4 is 24.0 Å². The zero-order valence-corrected chi connectivity index (χ0v) is 6.83. The topological polar surface area (TPSA) is 46.2 Å². The molecular weight excluding hydrogens is 150 g/mol. The van der Waals surface area contributed by atoms with E-state index in [1.165, 1.54) is 11.8 Å². The number of rotatable bonds is 4. The zero-order chi connectivity index (χ0) is 7.98. The minimum atomic E-state index is -0.115. The van der Waals surface area contributed by atoms with Crippen LogP contribution in [0.3, 0.4) is 0 Å². The molecule has 0 saturated heterocycles. The molecular formula is C6H10NO2S. The van der Waals surface area contributed by atoms with Crippen LogP contribution in [-0.4, -0.2) is 30.2 Å². The molecule has 4 heteroatoms. The third-order valence-corrected chi connectivity index (χ3v) is 1.98. The van der Waals surface area contributed by atoms with Gasteiger partial charge in [0, 0.05) is 0 Å². The first-order chi connectivity index (χ1) is 4.72. The highest BCUT2D eigenvalue weighted by atomic mass is 32.2. The van der Waals surface area contributed by atoms with Crippen molar-refractivity contribution in [3.8, 4) is 0 Å². The lowest BCUT2D eigenvalue weighted by molar-refractivity contribution is -0.120. The van der Waals surface area contributed by atoms with Crippen LogP contribution < -0.4 is 5.32 Å². The highest BCUT2D eigenvalue weighted by Crippen LogP contribution is 2.03. The smallest absolute Gasteiger partial charge is 0.233 e. The van der Waals surface area contributed by atoms with Gasteiger partial charge in [-0.15, -0.1) is 0 Å². The molecule has 0 bridgehead atoms. The Morgan fingerprint density at radius 3 is 2.80 bits per heavy atom. The SMILES string of the molecule is CSC(C)C(=O)NC[C]=O. The number of amides is 1. The minimum Gasteiger partial charge on any atom is -0.348 e. The highest BCUT2D eigenvalue weighted by molar-refractivity contribution is 7.99. The van der Waals surface area contributed by atoms with Crippen LogP contribution in [0.5, 0.6) is 0 Å². The second-order valence-electron chi connectivity index (χ2n) is 1.74. The molecule has 0 saturated carbocycles. The summed E-state index contributed by atoms with van der Waals surface area (Å²) < 4.78 is 0. The Balaban J connectivity index is 3.51. The van der Waals surface area contributed by atoms with E-state index in [2.05, 4.69) is 5.32 Å². The lowest BCUT2D eigenvalue weighted by atomic mass is 10.4. The van der Waals surface area contributed by atoms with Crippen molar-refractivity contribution in [2.24, 2.45) is 0 Å². The van der Waals surface area contributed by atoms with Crippen molar-refractivity contribution in [2.45, 2.75) is 12.2 Å². The van der Waals surface area contributed by atoms with Gasteiger partial charge in [-0.25, -0.2) is 0 Å². The normalized spacial score (nSPS) is 12.2. The number of carbonyl (C=O) groups is 1. The first-order valence-electron chi connectivity index (χ1n) is 2.88. The maximum atomic E-state index is 10.8. The molecule has 0 aromatic carbocycles. The third-order valence-electron chi connectivity index (χ3n) is 1.06. The molecule has 0 aliphatic rings. The molecule has 57 valence electrons. The predicted molar refractivity (Wildman–Crippen MR) is 41.7 cm³/mol. The number of carbonyl (C=O) groups excluding carboxylic acids is 2. The van der Waals surface area contributed by atoms with Gasteiger partial charge in [0.25, 0.3) is 0 Å². The Hall–Kier alpha value is -0.510. The van der Waals surface area contributed by atoms with Crippen molar-refractivity contribution < 1.29 is 9.59 Å². The van der Waals surface area contributed by atoms with Gasteiger partial charge >= 0.3 is 0 Å². The molecule has 0 aromatic rings. The van der Waals surface area contributed by atoms with E-state index in [9.17, 15) is 9.59 Å². The molecule has 10 heavy (non-hydrogen) atoms. The quantitative estimate of drug-likeness (QED) is 0.628. The summed E-state index contributed by atoms with van der Waals surface area (Å²) >= 11 is 1.44. The third kappa shape index (κ3) is 3.50. The van der Waals surface area contributed by atoms with E-state index in [1.807, 2.05) is 6.26 Å². The Kier molecular flexibility index (Phi) is 5.02. The van der Waals surface area contributed by atoms with Gasteiger partial charge in [0.1, 0.15) is 0 Å². The molecule has 1 amide bonds. The average molecular weight is 160 g/mol. The summed E-state index contributed by atoms with van der Waals surface area (Å²) in [5.74, 6) is -0.115. The summed E-state index contributed by atoms with van der Waals surface area (Å²) in [5, 5.41) is 2.31. The number of nitrogens with one attached hydrogen (secondary N) is 1. The summed E-state index contributed by atoms with van der Waals surface area (Å²) in [6.07, 6.45) is 3.43. The Bertz CT molecular complexity index is 127. The molecule has 1 atom stereocenters. The van der Waals surface area contributed by atoms with Crippen LogP contribution in [-0.2, 0) is 9.59 Å². The summed E-state index contributed by atoms with van der Waals surface area (Å²) in [6, 6.07) is 0. The van der Waals surface area contributed by atoms with Gasteiger partial charge in [-0.05, 0) is 13.2 Å². The average Bonchev–Trinajstić information content (AvgIpc) is 1.98. The minimum absolute atomic E-state index is 0.0102. The molecule has 1 N–H and O–H groups in total. The molecule has 0 aliphatic carbocycles. The first kappa shape index (κ1) is 9.49. The molecule has 0 aromatic heterocycles. The van der Waals surface area contributed by atoms with Crippen molar-refractivity contribution in [3.05, 3.63) is 0 Å². The van der Waals surface area contributed by atoms with Crippen LogP contribution in [0.2, 0.25) is 0 Å². The maximum Gasteiger partial charge on any atom is 0.233 e. The maximum absolute atomic E-state index is 10.8. The second-order valence-corrected chi connectivity index (χ2v) is 2.92. The molecule has 1 radical (unpaired) electrons. The number of thioether (sulfide) groups is 1. The highest BCUT2D eigenvalue weighted by Gasteiger charge is 2.08. The van der Waals surface area contributed by atoms with E-state index in [4.69, 9.17) is 0 Å². The largest absolute Gasteiger partial charge is 0.348 e. The van der Waals surface area contributed by atoms with Gasteiger partial charge in [-0.1, -0.05) is 0 Å². The Morgan fingerprint density at radius 1 is 1.80 bits per heavy atom. The summed E-state index contributed by atoms with van der Waals surface area (Å²) in [7, 11) is 0. The van der Waals surface area contributed by atoms with Gasteiger partial charge < -0.3 is 5.32 Å². The predicted octanol–water partition coefficient (Wildman–Crippen LogP) is -0.0362. The summed E-state index contributed by atoms with van der Waals surface area (Å²) in [6.45, 7) is 1.77. The van der Waals surface area contributed by atoms with Gasteiger partial charge in [-0.2, -0.15) is 11.8 Å². The Labute approximate surface area is 64.6 Å². The zero-order valence-electron chi connectivity index (χ0n) is 6.01. The molecule has 0 rings (SSSR count). The summed E-state index contributed by atoms with van der Waals surface area (Å²) in [5.41, 5.74) is 0.